The van der Waals surface area contributed by atoms with Crippen molar-refractivity contribution in [2.45, 2.75) is 17.6 Å². The predicted molar refractivity (Wildman–Crippen MR) is 76.3 cm³/mol. The van der Waals surface area contributed by atoms with Crippen LogP contribution in [-0.2, 0) is 5.75 Å². The van der Waals surface area contributed by atoms with Gasteiger partial charge in [-0.2, -0.15) is 5.26 Å². The first-order valence-corrected chi connectivity index (χ1v) is 6.76. The first-order valence-electron chi connectivity index (χ1n) is 5.77. The number of thioether (sulfide) groups is 1. The summed E-state index contributed by atoms with van der Waals surface area (Å²) in [5.41, 5.74) is 8.72. The van der Waals surface area contributed by atoms with Crippen LogP contribution < -0.4 is 5.73 Å². The van der Waals surface area contributed by atoms with Crippen LogP contribution in [0.15, 0.2) is 41.3 Å². The molecular weight excluding hydrogens is 259 g/mol. The third-order valence-electron chi connectivity index (χ3n) is 2.81. The van der Waals surface area contributed by atoms with E-state index in [-0.39, 0.29) is 5.82 Å². The first kappa shape index (κ1) is 13.4. The average Bonchev–Trinajstić information content (AvgIpc) is 2.39. The second-order valence-electron chi connectivity index (χ2n) is 4.23. The molecule has 0 atom stereocenters. The minimum Gasteiger partial charge on any atom is -0.399 e. The van der Waals surface area contributed by atoms with E-state index in [4.69, 9.17) is 11.0 Å². The summed E-state index contributed by atoms with van der Waals surface area (Å²) in [5, 5.41) is 8.81. The van der Waals surface area contributed by atoms with Gasteiger partial charge in [0.2, 0.25) is 0 Å². The van der Waals surface area contributed by atoms with Gasteiger partial charge in [-0.25, -0.2) is 4.39 Å². The van der Waals surface area contributed by atoms with Gasteiger partial charge in [-0.1, -0.05) is 6.07 Å². The van der Waals surface area contributed by atoms with Crippen LogP contribution in [-0.4, -0.2) is 0 Å². The Bertz CT molecular complexity index is 647. The lowest BCUT2D eigenvalue weighted by Crippen LogP contribution is -1.91. The molecule has 0 unspecified atom stereocenters. The van der Waals surface area contributed by atoms with Crippen LogP contribution in [0.25, 0.3) is 0 Å². The van der Waals surface area contributed by atoms with E-state index in [2.05, 4.69) is 6.07 Å². The molecule has 0 radical (unpaired) electrons. The third-order valence-corrected chi connectivity index (χ3v) is 3.91. The number of hydrogen-bond donors (Lipinski definition) is 1. The van der Waals surface area contributed by atoms with Crippen LogP contribution in [0.5, 0.6) is 0 Å². The zero-order valence-corrected chi connectivity index (χ0v) is 11.3. The second kappa shape index (κ2) is 5.77. The summed E-state index contributed by atoms with van der Waals surface area (Å²) in [5.74, 6) is 0.370. The van der Waals surface area contributed by atoms with Gasteiger partial charge in [0, 0.05) is 16.3 Å². The first-order chi connectivity index (χ1) is 9.10. The summed E-state index contributed by atoms with van der Waals surface area (Å²) < 4.78 is 13.6. The molecule has 0 fully saturated rings. The van der Waals surface area contributed by atoms with Crippen molar-refractivity contribution in [3.05, 3.63) is 58.9 Å². The Morgan fingerprint density at radius 3 is 2.68 bits per heavy atom. The van der Waals surface area contributed by atoms with E-state index < -0.39 is 0 Å². The number of nitrogens with two attached hydrogens (primary N) is 1. The molecule has 0 aliphatic carbocycles. The number of rotatable bonds is 3. The van der Waals surface area contributed by atoms with Crippen molar-refractivity contribution >= 4 is 17.4 Å². The molecule has 96 valence electrons. The standard InChI is InChI=1S/C15H13FN2S/c1-10-6-11(8-17)2-3-12(10)9-19-15-5-4-13(18)7-14(15)16/h2-7H,9,18H2,1H3. The molecule has 2 rings (SSSR count). The van der Waals surface area contributed by atoms with Crippen molar-refractivity contribution in [2.75, 3.05) is 5.73 Å². The molecule has 2 aromatic carbocycles. The van der Waals surface area contributed by atoms with Gasteiger partial charge in [-0.05, 0) is 48.4 Å². The lowest BCUT2D eigenvalue weighted by atomic mass is 10.1. The van der Waals surface area contributed by atoms with Gasteiger partial charge < -0.3 is 5.73 Å². The van der Waals surface area contributed by atoms with Crippen molar-refractivity contribution in [1.29, 1.82) is 5.26 Å². The van der Waals surface area contributed by atoms with Gasteiger partial charge in [0.1, 0.15) is 5.82 Å². The van der Waals surface area contributed by atoms with Crippen LogP contribution in [0.1, 0.15) is 16.7 Å². The van der Waals surface area contributed by atoms with E-state index in [9.17, 15) is 4.39 Å². The normalized spacial score (nSPS) is 10.2. The van der Waals surface area contributed by atoms with Crippen LogP contribution >= 0.6 is 11.8 Å². The summed E-state index contributed by atoms with van der Waals surface area (Å²) in [6, 6.07) is 12.3. The maximum Gasteiger partial charge on any atom is 0.138 e. The predicted octanol–water partition coefficient (Wildman–Crippen LogP) is 3.88. The zero-order valence-electron chi connectivity index (χ0n) is 10.5. The van der Waals surface area contributed by atoms with Crippen LogP contribution in [0.3, 0.4) is 0 Å². The minimum atomic E-state index is -0.295. The second-order valence-corrected chi connectivity index (χ2v) is 5.25. The topological polar surface area (TPSA) is 49.8 Å². The molecule has 0 spiro atoms. The molecule has 0 saturated heterocycles. The van der Waals surface area contributed by atoms with Crippen molar-refractivity contribution in [3.63, 3.8) is 0 Å². The summed E-state index contributed by atoms with van der Waals surface area (Å²) >= 11 is 1.42. The number of nitriles is 1. The molecule has 4 heteroatoms. The summed E-state index contributed by atoms with van der Waals surface area (Å²) in [6.45, 7) is 1.95. The number of benzene rings is 2. The fraction of sp³-hybridized carbons (Fsp3) is 0.133. The number of nitrogens with zero attached hydrogens (tertiary/aromatic N) is 1. The quantitative estimate of drug-likeness (QED) is 0.681. The molecule has 0 saturated carbocycles. The van der Waals surface area contributed by atoms with E-state index in [0.717, 1.165) is 11.1 Å². The SMILES string of the molecule is Cc1cc(C#N)ccc1CSc1ccc(N)cc1F. The van der Waals surface area contributed by atoms with Gasteiger partial charge in [0.25, 0.3) is 0 Å². The highest BCUT2D eigenvalue weighted by Crippen LogP contribution is 2.28. The number of aryl methyl sites for hydroxylation is 1. The van der Waals surface area contributed by atoms with Crippen LogP contribution in [0.2, 0.25) is 0 Å². The highest BCUT2D eigenvalue weighted by Gasteiger charge is 2.05. The summed E-state index contributed by atoms with van der Waals surface area (Å²) in [7, 11) is 0. The fourth-order valence-corrected chi connectivity index (χ4v) is 2.71. The van der Waals surface area contributed by atoms with E-state index in [1.807, 2.05) is 19.1 Å². The highest BCUT2D eigenvalue weighted by atomic mass is 32.2. The largest absolute Gasteiger partial charge is 0.399 e. The monoisotopic (exact) mass is 272 g/mol. The van der Waals surface area contributed by atoms with Crippen molar-refractivity contribution in [2.24, 2.45) is 0 Å². The smallest absolute Gasteiger partial charge is 0.138 e. The van der Waals surface area contributed by atoms with Crippen molar-refractivity contribution < 1.29 is 4.39 Å². The number of halogens is 1. The lowest BCUT2D eigenvalue weighted by molar-refractivity contribution is 0.603. The molecule has 0 bridgehead atoms. The number of hydrogen-bond acceptors (Lipinski definition) is 3. The Hall–Kier alpha value is -1.99. The summed E-state index contributed by atoms with van der Waals surface area (Å²) in [4.78, 5) is 0.581. The molecule has 0 amide bonds. The van der Waals surface area contributed by atoms with Gasteiger partial charge in [0.15, 0.2) is 0 Å². The van der Waals surface area contributed by atoms with Gasteiger partial charge in [0.05, 0.1) is 11.6 Å². The Kier molecular flexibility index (Phi) is 4.08. The lowest BCUT2D eigenvalue weighted by Gasteiger charge is -2.07. The van der Waals surface area contributed by atoms with E-state index in [1.54, 1.807) is 18.2 Å². The number of nitrogen functional groups attached to an aromatic ring is 1. The molecule has 0 aromatic heterocycles. The molecule has 0 aliphatic rings. The van der Waals surface area contributed by atoms with E-state index in [0.29, 0.717) is 21.9 Å². The Labute approximate surface area is 116 Å². The van der Waals surface area contributed by atoms with E-state index in [1.165, 1.54) is 17.8 Å². The molecular formula is C15H13FN2S. The number of anilines is 1. The maximum absolute atomic E-state index is 13.6. The van der Waals surface area contributed by atoms with Crippen molar-refractivity contribution in [3.8, 4) is 6.07 Å². The van der Waals surface area contributed by atoms with Crippen LogP contribution in [0.4, 0.5) is 10.1 Å². The molecule has 2 aromatic rings. The average molecular weight is 272 g/mol. The summed E-state index contributed by atoms with van der Waals surface area (Å²) in [6.07, 6.45) is 0. The third kappa shape index (κ3) is 3.27. The van der Waals surface area contributed by atoms with Crippen molar-refractivity contribution in [1.82, 2.24) is 0 Å². The molecule has 2 nitrogen and oxygen atoms in total. The fourth-order valence-electron chi connectivity index (χ4n) is 1.72. The van der Waals surface area contributed by atoms with E-state index >= 15 is 0 Å². The highest BCUT2D eigenvalue weighted by molar-refractivity contribution is 7.98. The Morgan fingerprint density at radius 2 is 2.05 bits per heavy atom. The molecule has 0 aliphatic heterocycles. The zero-order chi connectivity index (χ0) is 13.8. The molecule has 19 heavy (non-hydrogen) atoms. The molecule has 0 heterocycles. The minimum absolute atomic E-state index is 0.295. The maximum atomic E-state index is 13.6. The Morgan fingerprint density at radius 1 is 1.26 bits per heavy atom. The van der Waals surface area contributed by atoms with Gasteiger partial charge >= 0.3 is 0 Å². The van der Waals surface area contributed by atoms with Gasteiger partial charge in [-0.15, -0.1) is 11.8 Å². The van der Waals surface area contributed by atoms with Crippen LogP contribution in [0, 0.1) is 24.1 Å². The van der Waals surface area contributed by atoms with Gasteiger partial charge in [-0.3, -0.25) is 0 Å². The molecule has 2 N–H and O–H groups in total. The Balaban J connectivity index is 2.13.